The molecule has 0 amide bonds. The molecule has 0 aromatic carbocycles. The van der Waals surface area contributed by atoms with Crippen LogP contribution in [0.1, 0.15) is 39.0 Å². The van der Waals surface area contributed by atoms with Gasteiger partial charge in [0.15, 0.2) is 0 Å². The predicted molar refractivity (Wildman–Crippen MR) is 64.5 cm³/mol. The van der Waals surface area contributed by atoms with Gasteiger partial charge in [-0.3, -0.25) is 4.98 Å². The minimum Gasteiger partial charge on any atom is -0.260 e. The SMILES string of the molecule is CC(C)C1=C(C(C)C)c2cccnc2C1. The normalized spacial score (nSPS) is 15.3. The molecule has 80 valence electrons. The van der Waals surface area contributed by atoms with Gasteiger partial charge >= 0.3 is 0 Å². The molecule has 0 radical (unpaired) electrons. The summed E-state index contributed by atoms with van der Waals surface area (Å²) in [4.78, 5) is 4.48. The lowest BCUT2D eigenvalue weighted by atomic mass is 9.91. The molecular weight excluding hydrogens is 182 g/mol. The van der Waals surface area contributed by atoms with Crippen LogP contribution in [0.25, 0.3) is 5.57 Å². The fourth-order valence-electron chi connectivity index (χ4n) is 2.47. The zero-order chi connectivity index (χ0) is 11.0. The van der Waals surface area contributed by atoms with E-state index in [-0.39, 0.29) is 0 Å². The molecule has 0 fully saturated rings. The lowest BCUT2D eigenvalue weighted by Crippen LogP contribution is -1.99. The van der Waals surface area contributed by atoms with Crippen LogP contribution in [-0.2, 0) is 6.42 Å². The third-order valence-corrected chi connectivity index (χ3v) is 3.16. The molecule has 1 aromatic heterocycles. The van der Waals surface area contributed by atoms with Crippen LogP contribution in [-0.4, -0.2) is 4.98 Å². The Balaban J connectivity index is 2.53. The summed E-state index contributed by atoms with van der Waals surface area (Å²) in [5.41, 5.74) is 5.77. The summed E-state index contributed by atoms with van der Waals surface area (Å²) in [5, 5.41) is 0. The van der Waals surface area contributed by atoms with E-state index >= 15 is 0 Å². The maximum atomic E-state index is 4.48. The number of aromatic nitrogens is 1. The van der Waals surface area contributed by atoms with Crippen molar-refractivity contribution in [2.24, 2.45) is 11.8 Å². The van der Waals surface area contributed by atoms with Crippen molar-refractivity contribution in [1.82, 2.24) is 4.98 Å². The molecule has 0 spiro atoms. The quantitative estimate of drug-likeness (QED) is 0.711. The molecule has 15 heavy (non-hydrogen) atoms. The van der Waals surface area contributed by atoms with Gasteiger partial charge < -0.3 is 0 Å². The molecule has 1 heteroatoms. The van der Waals surface area contributed by atoms with Gasteiger partial charge in [0, 0.05) is 12.6 Å². The van der Waals surface area contributed by atoms with Crippen LogP contribution in [0.4, 0.5) is 0 Å². The highest BCUT2D eigenvalue weighted by Gasteiger charge is 2.25. The lowest BCUT2D eigenvalue weighted by Gasteiger charge is -2.14. The van der Waals surface area contributed by atoms with Gasteiger partial charge in [0.1, 0.15) is 0 Å². The van der Waals surface area contributed by atoms with Crippen molar-refractivity contribution in [3.63, 3.8) is 0 Å². The van der Waals surface area contributed by atoms with Crippen molar-refractivity contribution in [3.05, 3.63) is 35.2 Å². The van der Waals surface area contributed by atoms with E-state index in [1.807, 2.05) is 12.3 Å². The lowest BCUT2D eigenvalue weighted by molar-refractivity contribution is 0.731. The molecule has 2 rings (SSSR count). The summed E-state index contributed by atoms with van der Waals surface area (Å²) in [7, 11) is 0. The van der Waals surface area contributed by atoms with Crippen molar-refractivity contribution in [1.29, 1.82) is 0 Å². The van der Waals surface area contributed by atoms with E-state index in [2.05, 4.69) is 38.7 Å². The predicted octanol–water partition coefficient (Wildman–Crippen LogP) is 3.70. The number of fused-ring (bicyclic) bond motifs is 1. The van der Waals surface area contributed by atoms with E-state index < -0.39 is 0 Å². The van der Waals surface area contributed by atoms with Crippen molar-refractivity contribution in [2.75, 3.05) is 0 Å². The first-order valence-electron chi connectivity index (χ1n) is 5.78. The highest BCUT2D eigenvalue weighted by Crippen LogP contribution is 2.39. The zero-order valence-electron chi connectivity index (χ0n) is 10.0. The van der Waals surface area contributed by atoms with Gasteiger partial charge in [0.05, 0.1) is 5.69 Å². The zero-order valence-corrected chi connectivity index (χ0v) is 10.0. The van der Waals surface area contributed by atoms with Gasteiger partial charge in [-0.1, -0.05) is 39.3 Å². The summed E-state index contributed by atoms with van der Waals surface area (Å²) >= 11 is 0. The Labute approximate surface area is 92.2 Å². The van der Waals surface area contributed by atoms with Gasteiger partial charge in [-0.25, -0.2) is 0 Å². The molecule has 1 aliphatic carbocycles. The van der Waals surface area contributed by atoms with Crippen LogP contribution in [0.15, 0.2) is 23.9 Å². The van der Waals surface area contributed by atoms with E-state index in [1.165, 1.54) is 16.8 Å². The van der Waals surface area contributed by atoms with E-state index in [4.69, 9.17) is 0 Å². The summed E-state index contributed by atoms with van der Waals surface area (Å²) in [6.45, 7) is 9.12. The van der Waals surface area contributed by atoms with Crippen molar-refractivity contribution in [3.8, 4) is 0 Å². The van der Waals surface area contributed by atoms with Gasteiger partial charge in [-0.05, 0) is 29.0 Å². The molecule has 0 unspecified atom stereocenters. The minimum absolute atomic E-state index is 0.604. The molecule has 0 atom stereocenters. The standard InChI is InChI=1S/C14H19N/c1-9(2)12-8-13-11(6-5-7-15-13)14(12)10(3)4/h5-7,9-10H,8H2,1-4H3. The summed E-state index contributed by atoms with van der Waals surface area (Å²) in [6, 6.07) is 4.26. The number of pyridine rings is 1. The molecule has 1 aromatic rings. The van der Waals surface area contributed by atoms with Crippen LogP contribution in [0, 0.1) is 11.8 Å². The van der Waals surface area contributed by atoms with Crippen LogP contribution in [0.3, 0.4) is 0 Å². The Morgan fingerprint density at radius 3 is 2.47 bits per heavy atom. The number of hydrogen-bond donors (Lipinski definition) is 0. The maximum absolute atomic E-state index is 4.48. The number of hydrogen-bond acceptors (Lipinski definition) is 1. The Morgan fingerprint density at radius 1 is 1.13 bits per heavy atom. The third kappa shape index (κ3) is 1.71. The van der Waals surface area contributed by atoms with E-state index in [1.54, 1.807) is 5.57 Å². The number of rotatable bonds is 2. The number of allylic oxidation sites excluding steroid dienone is 2. The average Bonchev–Trinajstić information content (AvgIpc) is 2.56. The largest absolute Gasteiger partial charge is 0.260 e. The first-order valence-corrected chi connectivity index (χ1v) is 5.78. The highest BCUT2D eigenvalue weighted by atomic mass is 14.7. The summed E-state index contributed by atoms with van der Waals surface area (Å²) in [5.74, 6) is 1.24. The number of nitrogens with zero attached hydrogens (tertiary/aromatic N) is 1. The molecule has 0 aliphatic heterocycles. The molecule has 0 N–H and O–H groups in total. The van der Waals surface area contributed by atoms with Gasteiger partial charge in [-0.15, -0.1) is 0 Å². The van der Waals surface area contributed by atoms with Crippen LogP contribution in [0.5, 0.6) is 0 Å². The molecule has 0 saturated heterocycles. The first kappa shape index (κ1) is 10.4. The Hall–Kier alpha value is -1.11. The second-order valence-corrected chi connectivity index (χ2v) is 4.92. The average molecular weight is 201 g/mol. The second-order valence-electron chi connectivity index (χ2n) is 4.92. The third-order valence-electron chi connectivity index (χ3n) is 3.16. The van der Waals surface area contributed by atoms with Gasteiger partial charge in [-0.2, -0.15) is 0 Å². The monoisotopic (exact) mass is 201 g/mol. The Morgan fingerprint density at radius 2 is 1.87 bits per heavy atom. The van der Waals surface area contributed by atoms with Crippen molar-refractivity contribution >= 4 is 5.57 Å². The fourth-order valence-corrected chi connectivity index (χ4v) is 2.47. The fraction of sp³-hybridized carbons (Fsp3) is 0.500. The van der Waals surface area contributed by atoms with E-state index in [9.17, 15) is 0 Å². The molecule has 1 heterocycles. The van der Waals surface area contributed by atoms with E-state index in [0.717, 1.165) is 6.42 Å². The maximum Gasteiger partial charge on any atom is 0.0519 e. The summed E-state index contributed by atoms with van der Waals surface area (Å²) in [6.07, 6.45) is 2.96. The Bertz CT molecular complexity index is 400. The van der Waals surface area contributed by atoms with Crippen LogP contribution >= 0.6 is 0 Å². The highest BCUT2D eigenvalue weighted by molar-refractivity contribution is 5.76. The second kappa shape index (κ2) is 3.80. The molecule has 0 saturated carbocycles. The van der Waals surface area contributed by atoms with Crippen molar-refractivity contribution in [2.45, 2.75) is 34.1 Å². The summed E-state index contributed by atoms with van der Waals surface area (Å²) < 4.78 is 0. The molecule has 1 aliphatic rings. The molecule has 1 nitrogen and oxygen atoms in total. The van der Waals surface area contributed by atoms with Crippen molar-refractivity contribution < 1.29 is 0 Å². The topological polar surface area (TPSA) is 12.9 Å². The van der Waals surface area contributed by atoms with Gasteiger partial charge in [0.2, 0.25) is 0 Å². The minimum atomic E-state index is 0.604. The van der Waals surface area contributed by atoms with E-state index in [0.29, 0.717) is 11.8 Å². The first-order chi connectivity index (χ1) is 7.11. The van der Waals surface area contributed by atoms with Gasteiger partial charge in [0.25, 0.3) is 0 Å². The van der Waals surface area contributed by atoms with Crippen LogP contribution < -0.4 is 0 Å². The van der Waals surface area contributed by atoms with Crippen LogP contribution in [0.2, 0.25) is 0 Å². The smallest absolute Gasteiger partial charge is 0.0519 e. The Kier molecular flexibility index (Phi) is 2.64. The molecular formula is C14H19N. The molecule has 0 bridgehead atoms.